The molecule has 1 aromatic carbocycles. The number of carbonyl (C=O) groups excluding carboxylic acids is 1. The third-order valence-corrected chi connectivity index (χ3v) is 5.88. The van der Waals surface area contributed by atoms with Gasteiger partial charge in [-0.3, -0.25) is 0 Å². The standard InChI is InChI=1S/C21H23Cl2N3O2/c22-16-8-6-15(7-9-16)19(18-5-4-10-24-20(18)23)28-17-13-26(14-17)21(27)25-11-2-1-3-12-25/h4-10,17,19H,1-3,11-14H2. The molecule has 0 bridgehead atoms. The van der Waals surface area contributed by atoms with Crippen LogP contribution in [0.5, 0.6) is 0 Å². The highest BCUT2D eigenvalue weighted by molar-refractivity contribution is 6.30. The van der Waals surface area contributed by atoms with Crippen molar-refractivity contribution >= 4 is 29.2 Å². The number of halogens is 2. The van der Waals surface area contributed by atoms with Crippen molar-refractivity contribution in [2.75, 3.05) is 26.2 Å². The Balaban J connectivity index is 1.45. The predicted octanol–water partition coefficient (Wildman–Crippen LogP) is 4.78. The van der Waals surface area contributed by atoms with Crippen LogP contribution in [0.15, 0.2) is 42.6 Å². The molecule has 148 valence electrons. The molecule has 28 heavy (non-hydrogen) atoms. The van der Waals surface area contributed by atoms with Crippen molar-refractivity contribution in [3.05, 3.63) is 63.9 Å². The Morgan fingerprint density at radius 3 is 2.43 bits per heavy atom. The van der Waals surface area contributed by atoms with E-state index in [-0.39, 0.29) is 18.2 Å². The van der Waals surface area contributed by atoms with Gasteiger partial charge in [0.25, 0.3) is 0 Å². The summed E-state index contributed by atoms with van der Waals surface area (Å²) in [4.78, 5) is 20.6. The van der Waals surface area contributed by atoms with Gasteiger partial charge in [-0.1, -0.05) is 41.4 Å². The summed E-state index contributed by atoms with van der Waals surface area (Å²) in [7, 11) is 0. The van der Waals surface area contributed by atoms with E-state index in [2.05, 4.69) is 4.98 Å². The molecule has 1 atom stereocenters. The smallest absolute Gasteiger partial charge is 0.320 e. The van der Waals surface area contributed by atoms with Crippen LogP contribution in [0.1, 0.15) is 36.5 Å². The summed E-state index contributed by atoms with van der Waals surface area (Å²) in [6.07, 6.45) is 4.67. The van der Waals surface area contributed by atoms with Gasteiger partial charge in [0.1, 0.15) is 11.3 Å². The summed E-state index contributed by atoms with van der Waals surface area (Å²) in [6.45, 7) is 2.91. The lowest BCUT2D eigenvalue weighted by Crippen LogP contribution is -2.59. The zero-order valence-electron chi connectivity index (χ0n) is 15.6. The van der Waals surface area contributed by atoms with E-state index in [9.17, 15) is 4.79 Å². The largest absolute Gasteiger partial charge is 0.362 e. The molecule has 5 nitrogen and oxygen atoms in total. The number of hydrogen-bond donors (Lipinski definition) is 0. The fourth-order valence-electron chi connectivity index (χ4n) is 3.72. The van der Waals surface area contributed by atoms with Gasteiger partial charge in [0.2, 0.25) is 0 Å². The zero-order chi connectivity index (χ0) is 19.5. The summed E-state index contributed by atoms with van der Waals surface area (Å²) in [5, 5.41) is 1.09. The van der Waals surface area contributed by atoms with Crippen LogP contribution in [0.2, 0.25) is 10.2 Å². The molecular formula is C21H23Cl2N3O2. The highest BCUT2D eigenvalue weighted by atomic mass is 35.5. The topological polar surface area (TPSA) is 45.7 Å². The fourth-order valence-corrected chi connectivity index (χ4v) is 4.07. The SMILES string of the molecule is O=C(N1CCCCC1)N1CC(OC(c2ccc(Cl)cc2)c2cccnc2Cl)C1. The van der Waals surface area contributed by atoms with Crippen LogP contribution in [-0.2, 0) is 4.74 Å². The first-order valence-electron chi connectivity index (χ1n) is 9.67. The predicted molar refractivity (Wildman–Crippen MR) is 110 cm³/mol. The molecular weight excluding hydrogens is 397 g/mol. The zero-order valence-corrected chi connectivity index (χ0v) is 17.1. The molecule has 7 heteroatoms. The molecule has 4 rings (SSSR count). The van der Waals surface area contributed by atoms with E-state index < -0.39 is 0 Å². The van der Waals surface area contributed by atoms with E-state index in [0.29, 0.717) is 23.3 Å². The Morgan fingerprint density at radius 1 is 1.04 bits per heavy atom. The number of ether oxygens (including phenoxy) is 1. The second-order valence-electron chi connectivity index (χ2n) is 7.31. The number of rotatable bonds is 4. The van der Waals surface area contributed by atoms with Gasteiger partial charge in [0.15, 0.2) is 0 Å². The average Bonchev–Trinajstić information content (AvgIpc) is 2.69. The monoisotopic (exact) mass is 419 g/mol. The molecule has 2 saturated heterocycles. The third kappa shape index (κ3) is 4.27. The van der Waals surface area contributed by atoms with Gasteiger partial charge < -0.3 is 14.5 Å². The summed E-state index contributed by atoms with van der Waals surface area (Å²) in [6, 6.07) is 11.4. The first kappa shape index (κ1) is 19.5. The number of amides is 2. The number of piperidine rings is 1. The van der Waals surface area contributed by atoms with E-state index in [1.54, 1.807) is 6.20 Å². The highest BCUT2D eigenvalue weighted by Crippen LogP contribution is 2.33. The van der Waals surface area contributed by atoms with E-state index >= 15 is 0 Å². The van der Waals surface area contributed by atoms with Gasteiger partial charge in [0, 0.05) is 29.9 Å². The summed E-state index contributed by atoms with van der Waals surface area (Å²) >= 11 is 12.4. The van der Waals surface area contributed by atoms with Crippen molar-refractivity contribution in [2.45, 2.75) is 31.5 Å². The normalized spacial score (nSPS) is 18.6. The third-order valence-electron chi connectivity index (χ3n) is 5.32. The van der Waals surface area contributed by atoms with Crippen LogP contribution >= 0.6 is 23.2 Å². The minimum atomic E-state index is -0.351. The van der Waals surface area contributed by atoms with E-state index in [1.165, 1.54) is 6.42 Å². The van der Waals surface area contributed by atoms with Gasteiger partial charge in [-0.2, -0.15) is 0 Å². The Labute approximate surface area is 175 Å². The number of aromatic nitrogens is 1. The second-order valence-corrected chi connectivity index (χ2v) is 8.10. The maximum absolute atomic E-state index is 12.6. The van der Waals surface area contributed by atoms with Crippen molar-refractivity contribution in [1.29, 1.82) is 0 Å². The number of pyridine rings is 1. The summed E-state index contributed by atoms with van der Waals surface area (Å²) < 4.78 is 6.37. The van der Waals surface area contributed by atoms with Crippen LogP contribution in [0.4, 0.5) is 4.79 Å². The first-order valence-corrected chi connectivity index (χ1v) is 10.4. The Hall–Kier alpha value is -1.82. The molecule has 0 saturated carbocycles. The van der Waals surface area contributed by atoms with Crippen LogP contribution in [0.3, 0.4) is 0 Å². The number of benzene rings is 1. The lowest BCUT2D eigenvalue weighted by Gasteiger charge is -2.43. The Kier molecular flexibility index (Phi) is 6.04. The number of carbonyl (C=O) groups is 1. The first-order chi connectivity index (χ1) is 13.6. The molecule has 2 fully saturated rings. The molecule has 2 aliphatic heterocycles. The fraction of sp³-hybridized carbons (Fsp3) is 0.429. The van der Waals surface area contributed by atoms with Crippen LogP contribution < -0.4 is 0 Å². The van der Waals surface area contributed by atoms with Crippen molar-refractivity contribution in [3.63, 3.8) is 0 Å². The quantitative estimate of drug-likeness (QED) is 0.669. The molecule has 1 aromatic heterocycles. The van der Waals surface area contributed by atoms with Crippen LogP contribution in [0, 0.1) is 0 Å². The minimum Gasteiger partial charge on any atom is -0.362 e. The molecule has 3 heterocycles. The Bertz CT molecular complexity index is 819. The van der Waals surface area contributed by atoms with Gasteiger partial charge >= 0.3 is 6.03 Å². The van der Waals surface area contributed by atoms with Crippen molar-refractivity contribution in [2.24, 2.45) is 0 Å². The van der Waals surface area contributed by atoms with Crippen molar-refractivity contribution < 1.29 is 9.53 Å². The molecule has 2 aliphatic rings. The maximum Gasteiger partial charge on any atom is 0.320 e. The number of urea groups is 1. The van der Waals surface area contributed by atoms with Gasteiger partial charge in [-0.05, 0) is 43.0 Å². The minimum absolute atomic E-state index is 0.0364. The van der Waals surface area contributed by atoms with Crippen LogP contribution in [0.25, 0.3) is 0 Å². The molecule has 2 amide bonds. The number of hydrogen-bond acceptors (Lipinski definition) is 3. The summed E-state index contributed by atoms with van der Waals surface area (Å²) in [5.74, 6) is 0. The van der Waals surface area contributed by atoms with E-state index in [1.807, 2.05) is 46.2 Å². The maximum atomic E-state index is 12.6. The molecule has 0 aliphatic carbocycles. The molecule has 0 radical (unpaired) electrons. The van der Waals surface area contributed by atoms with Gasteiger partial charge in [0.05, 0.1) is 19.2 Å². The molecule has 2 aromatic rings. The molecule has 1 unspecified atom stereocenters. The number of nitrogens with zero attached hydrogens (tertiary/aromatic N) is 3. The molecule has 0 spiro atoms. The summed E-state index contributed by atoms with van der Waals surface area (Å²) in [5.41, 5.74) is 1.77. The number of likely N-dealkylation sites (tertiary alicyclic amines) is 2. The highest BCUT2D eigenvalue weighted by Gasteiger charge is 2.36. The van der Waals surface area contributed by atoms with Gasteiger partial charge in [-0.25, -0.2) is 9.78 Å². The van der Waals surface area contributed by atoms with Crippen LogP contribution in [-0.4, -0.2) is 53.1 Å². The second kappa shape index (κ2) is 8.68. The molecule has 0 N–H and O–H groups in total. The Morgan fingerprint density at radius 2 is 1.75 bits per heavy atom. The van der Waals surface area contributed by atoms with E-state index in [0.717, 1.165) is 37.1 Å². The average molecular weight is 420 g/mol. The lowest BCUT2D eigenvalue weighted by atomic mass is 10.0. The van der Waals surface area contributed by atoms with E-state index in [4.69, 9.17) is 27.9 Å². The lowest BCUT2D eigenvalue weighted by molar-refractivity contribution is -0.0692. The van der Waals surface area contributed by atoms with Crippen molar-refractivity contribution in [3.8, 4) is 0 Å². The van der Waals surface area contributed by atoms with Crippen molar-refractivity contribution in [1.82, 2.24) is 14.8 Å². The van der Waals surface area contributed by atoms with Gasteiger partial charge in [-0.15, -0.1) is 0 Å².